The molecule has 0 atom stereocenters. The number of hydrogen-bond acceptors (Lipinski definition) is 3. The lowest BCUT2D eigenvalue weighted by atomic mass is 10.1. The smallest absolute Gasteiger partial charge is 0.172 e. The summed E-state index contributed by atoms with van der Waals surface area (Å²) in [5, 5.41) is 5.46. The third kappa shape index (κ3) is 1.95. The van der Waals surface area contributed by atoms with Crippen molar-refractivity contribution < 1.29 is 9.21 Å². The number of furan rings is 1. The average Bonchev–Trinajstić information content (AvgIpc) is 2.95. The monoisotopic (exact) mass is 254 g/mol. The van der Waals surface area contributed by atoms with Crippen molar-refractivity contribution in [1.29, 1.82) is 0 Å². The fraction of sp³-hybridized carbons (Fsp3) is 0.200. The maximum Gasteiger partial charge on any atom is 0.172 e. The van der Waals surface area contributed by atoms with Crippen LogP contribution in [0.25, 0.3) is 10.9 Å². The summed E-state index contributed by atoms with van der Waals surface area (Å²) in [6.07, 6.45) is 1.83. The van der Waals surface area contributed by atoms with Crippen molar-refractivity contribution >= 4 is 16.7 Å². The molecule has 19 heavy (non-hydrogen) atoms. The minimum Gasteiger partial charge on any atom is -0.469 e. The van der Waals surface area contributed by atoms with Gasteiger partial charge in [0.1, 0.15) is 5.76 Å². The molecule has 0 amide bonds. The molecule has 96 valence electrons. The highest BCUT2D eigenvalue weighted by Crippen LogP contribution is 2.20. The molecule has 4 nitrogen and oxygen atoms in total. The van der Waals surface area contributed by atoms with Gasteiger partial charge in [-0.1, -0.05) is 18.2 Å². The fourth-order valence-electron chi connectivity index (χ4n) is 2.34. The van der Waals surface area contributed by atoms with Crippen molar-refractivity contribution in [2.45, 2.75) is 13.3 Å². The van der Waals surface area contributed by atoms with Gasteiger partial charge in [0, 0.05) is 12.4 Å². The lowest BCUT2D eigenvalue weighted by Gasteiger charge is -1.97. The Hall–Kier alpha value is -2.36. The summed E-state index contributed by atoms with van der Waals surface area (Å²) in [5.41, 5.74) is 2.48. The summed E-state index contributed by atoms with van der Waals surface area (Å²) in [4.78, 5) is 12.2. The van der Waals surface area contributed by atoms with E-state index >= 15 is 0 Å². The lowest BCUT2D eigenvalue weighted by molar-refractivity contribution is 0.0990. The zero-order valence-electron chi connectivity index (χ0n) is 10.9. The molecule has 3 rings (SSSR count). The summed E-state index contributed by atoms with van der Waals surface area (Å²) < 4.78 is 6.98. The molecule has 3 aromatic rings. The van der Waals surface area contributed by atoms with Gasteiger partial charge in [0.05, 0.1) is 29.5 Å². The molecule has 4 heteroatoms. The molecule has 2 heterocycles. The Labute approximate surface area is 110 Å². The molecule has 0 bridgehead atoms. The average molecular weight is 254 g/mol. The van der Waals surface area contributed by atoms with E-state index in [-0.39, 0.29) is 5.78 Å². The number of carbonyl (C=O) groups excluding carboxylic acids is 1. The molecule has 0 N–H and O–H groups in total. The van der Waals surface area contributed by atoms with Crippen molar-refractivity contribution in [3.8, 4) is 0 Å². The van der Waals surface area contributed by atoms with Crippen LogP contribution < -0.4 is 0 Å². The van der Waals surface area contributed by atoms with E-state index in [0.717, 1.165) is 16.6 Å². The van der Waals surface area contributed by atoms with Crippen molar-refractivity contribution in [3.05, 3.63) is 53.6 Å². The number of benzene rings is 1. The number of hydrogen-bond donors (Lipinski definition) is 0. The van der Waals surface area contributed by atoms with E-state index in [9.17, 15) is 4.79 Å². The van der Waals surface area contributed by atoms with Crippen LogP contribution >= 0.6 is 0 Å². The number of para-hydroxylation sites is 1. The zero-order chi connectivity index (χ0) is 13.4. The summed E-state index contributed by atoms with van der Waals surface area (Å²) in [6, 6.07) is 9.63. The molecule has 0 aliphatic rings. The number of rotatable bonds is 3. The van der Waals surface area contributed by atoms with Gasteiger partial charge in [-0.05, 0) is 19.1 Å². The lowest BCUT2D eigenvalue weighted by Crippen LogP contribution is -2.05. The topological polar surface area (TPSA) is 48.0 Å². The highest BCUT2D eigenvalue weighted by atomic mass is 16.3. The molecule has 0 aliphatic heterocycles. The molecule has 1 aromatic carbocycles. The number of aromatic nitrogens is 2. The van der Waals surface area contributed by atoms with Gasteiger partial charge in [-0.25, -0.2) is 0 Å². The highest BCUT2D eigenvalue weighted by molar-refractivity contribution is 6.00. The van der Waals surface area contributed by atoms with Crippen LogP contribution in [0.15, 0.2) is 41.0 Å². The number of Topliss-reactive ketones (excluding diaryl/α,β-unsaturated/α-hetero) is 1. The Kier molecular flexibility index (Phi) is 2.71. The number of nitrogens with zero attached hydrogens (tertiary/aromatic N) is 2. The second kappa shape index (κ2) is 4.39. The number of ketones is 1. The molecule has 0 unspecified atom stereocenters. The van der Waals surface area contributed by atoms with Crippen molar-refractivity contribution in [2.75, 3.05) is 0 Å². The molecule has 0 radical (unpaired) electrons. The van der Waals surface area contributed by atoms with Crippen LogP contribution in [0, 0.1) is 6.92 Å². The first-order chi connectivity index (χ1) is 9.16. The Morgan fingerprint density at radius 3 is 2.84 bits per heavy atom. The van der Waals surface area contributed by atoms with E-state index in [0.29, 0.717) is 17.7 Å². The SMILES string of the molecule is Cc1occc1C(=O)Cc1nn(C)c2ccccc12. The quantitative estimate of drug-likeness (QED) is 0.675. The minimum absolute atomic E-state index is 0.0371. The second-order valence-electron chi connectivity index (χ2n) is 4.58. The zero-order valence-corrected chi connectivity index (χ0v) is 10.9. The van der Waals surface area contributed by atoms with Gasteiger partial charge in [0.2, 0.25) is 0 Å². The van der Waals surface area contributed by atoms with Gasteiger partial charge in [0.15, 0.2) is 5.78 Å². The van der Waals surface area contributed by atoms with Gasteiger partial charge in [-0.3, -0.25) is 9.48 Å². The van der Waals surface area contributed by atoms with Gasteiger partial charge in [-0.2, -0.15) is 5.10 Å². The van der Waals surface area contributed by atoms with Crippen LogP contribution in [0.1, 0.15) is 21.8 Å². The molecule has 0 fully saturated rings. The van der Waals surface area contributed by atoms with Crippen LogP contribution in [-0.2, 0) is 13.5 Å². The second-order valence-corrected chi connectivity index (χ2v) is 4.58. The van der Waals surface area contributed by atoms with E-state index in [1.807, 2.05) is 31.3 Å². The normalized spacial score (nSPS) is 11.1. The first-order valence-electron chi connectivity index (χ1n) is 6.14. The summed E-state index contributed by atoms with van der Waals surface area (Å²) in [5.74, 6) is 0.695. The van der Waals surface area contributed by atoms with Gasteiger partial charge < -0.3 is 4.42 Å². The molecule has 0 aliphatic carbocycles. The van der Waals surface area contributed by atoms with Crippen LogP contribution in [0.2, 0.25) is 0 Å². The van der Waals surface area contributed by atoms with Crippen LogP contribution in [0.4, 0.5) is 0 Å². The maximum atomic E-state index is 12.2. The van der Waals surface area contributed by atoms with Gasteiger partial charge in [-0.15, -0.1) is 0 Å². The summed E-state index contributed by atoms with van der Waals surface area (Å²) in [6.45, 7) is 1.80. The molecule has 2 aromatic heterocycles. The molecular weight excluding hydrogens is 240 g/mol. The van der Waals surface area contributed by atoms with Gasteiger partial charge >= 0.3 is 0 Å². The number of fused-ring (bicyclic) bond motifs is 1. The first-order valence-corrected chi connectivity index (χ1v) is 6.14. The van der Waals surface area contributed by atoms with E-state index in [1.54, 1.807) is 23.9 Å². The molecule has 0 saturated carbocycles. The highest BCUT2D eigenvalue weighted by Gasteiger charge is 2.16. The standard InChI is InChI=1S/C15H14N2O2/c1-10-11(7-8-19-10)15(18)9-13-12-5-3-4-6-14(12)17(2)16-13/h3-8H,9H2,1-2H3. The summed E-state index contributed by atoms with van der Waals surface area (Å²) >= 11 is 0. The first kappa shape index (κ1) is 11.7. The molecule has 0 saturated heterocycles. The Morgan fingerprint density at radius 1 is 1.32 bits per heavy atom. The van der Waals surface area contributed by atoms with E-state index in [2.05, 4.69) is 5.10 Å². The minimum atomic E-state index is 0.0371. The Balaban J connectivity index is 1.98. The predicted octanol–water partition coefficient (Wildman–Crippen LogP) is 2.90. The summed E-state index contributed by atoms with van der Waals surface area (Å²) in [7, 11) is 1.89. The molecule has 0 spiro atoms. The van der Waals surface area contributed by atoms with Crippen LogP contribution in [-0.4, -0.2) is 15.6 Å². The van der Waals surface area contributed by atoms with Crippen molar-refractivity contribution in [2.24, 2.45) is 7.05 Å². The number of carbonyl (C=O) groups is 1. The number of aryl methyl sites for hydroxylation is 2. The van der Waals surface area contributed by atoms with Crippen LogP contribution in [0.5, 0.6) is 0 Å². The Morgan fingerprint density at radius 2 is 2.11 bits per heavy atom. The van der Waals surface area contributed by atoms with E-state index in [4.69, 9.17) is 4.42 Å². The molecular formula is C15H14N2O2. The van der Waals surface area contributed by atoms with Crippen molar-refractivity contribution in [3.63, 3.8) is 0 Å². The van der Waals surface area contributed by atoms with Gasteiger partial charge in [0.25, 0.3) is 0 Å². The van der Waals surface area contributed by atoms with Crippen molar-refractivity contribution in [1.82, 2.24) is 9.78 Å². The van der Waals surface area contributed by atoms with E-state index in [1.165, 1.54) is 0 Å². The third-order valence-electron chi connectivity index (χ3n) is 3.32. The van der Waals surface area contributed by atoms with E-state index < -0.39 is 0 Å². The fourth-order valence-corrected chi connectivity index (χ4v) is 2.34. The largest absolute Gasteiger partial charge is 0.469 e. The maximum absolute atomic E-state index is 12.2. The predicted molar refractivity (Wildman–Crippen MR) is 72.2 cm³/mol. The Bertz CT molecular complexity index is 752. The third-order valence-corrected chi connectivity index (χ3v) is 3.32. The van der Waals surface area contributed by atoms with Crippen LogP contribution in [0.3, 0.4) is 0 Å².